The number of nitrogens with zero attached hydrogens (tertiary/aromatic N) is 3. The van der Waals surface area contributed by atoms with Gasteiger partial charge in [-0.3, -0.25) is 4.68 Å². The summed E-state index contributed by atoms with van der Waals surface area (Å²) in [6, 6.07) is 1.78. The topological polar surface area (TPSA) is 61.8 Å². The van der Waals surface area contributed by atoms with Crippen molar-refractivity contribution in [3.8, 4) is 6.07 Å². The van der Waals surface area contributed by atoms with Crippen molar-refractivity contribution in [3.63, 3.8) is 0 Å². The number of aliphatic hydroxyl groups excluding tert-OH is 1. The van der Waals surface area contributed by atoms with Crippen LogP contribution in [0.4, 0.5) is 13.2 Å². The Kier molecular flexibility index (Phi) is 3.00. The molecule has 0 bridgehead atoms. The maximum atomic E-state index is 12.0. The van der Waals surface area contributed by atoms with E-state index < -0.39 is 18.8 Å². The van der Waals surface area contributed by atoms with E-state index >= 15 is 0 Å². The van der Waals surface area contributed by atoms with Crippen LogP contribution < -0.4 is 0 Å². The molecule has 0 saturated carbocycles. The molecule has 1 heterocycles. The predicted molar refractivity (Wildman–Crippen MR) is 43.7 cm³/mol. The molecule has 1 rings (SSSR count). The summed E-state index contributed by atoms with van der Waals surface area (Å²) in [6.45, 7) is 0.807. The second-order valence-electron chi connectivity index (χ2n) is 3.02. The van der Waals surface area contributed by atoms with E-state index in [-0.39, 0.29) is 5.56 Å². The van der Waals surface area contributed by atoms with Gasteiger partial charge in [0.25, 0.3) is 0 Å². The number of halogens is 3. The van der Waals surface area contributed by atoms with Crippen LogP contribution in [-0.4, -0.2) is 27.2 Å². The molecule has 15 heavy (non-hydrogen) atoms. The van der Waals surface area contributed by atoms with Gasteiger partial charge in [-0.1, -0.05) is 0 Å². The Hall–Kier alpha value is -1.55. The van der Waals surface area contributed by atoms with E-state index in [0.29, 0.717) is 5.69 Å². The summed E-state index contributed by atoms with van der Waals surface area (Å²) in [4.78, 5) is 0. The molecule has 1 N–H and O–H groups in total. The van der Waals surface area contributed by atoms with E-state index in [9.17, 15) is 13.2 Å². The van der Waals surface area contributed by atoms with Crippen molar-refractivity contribution in [2.24, 2.45) is 0 Å². The third kappa shape index (κ3) is 2.70. The number of aromatic nitrogens is 2. The van der Waals surface area contributed by atoms with Gasteiger partial charge in [0.2, 0.25) is 0 Å². The highest BCUT2D eigenvalue weighted by Crippen LogP contribution is 2.21. The normalized spacial score (nSPS) is 13.6. The van der Waals surface area contributed by atoms with E-state index in [1.807, 2.05) is 0 Å². The van der Waals surface area contributed by atoms with Crippen molar-refractivity contribution in [2.75, 3.05) is 0 Å². The molecule has 1 aromatic heterocycles. The van der Waals surface area contributed by atoms with Crippen molar-refractivity contribution in [1.29, 1.82) is 5.26 Å². The van der Waals surface area contributed by atoms with Crippen molar-refractivity contribution < 1.29 is 18.3 Å². The average Bonchev–Trinajstić information content (AvgIpc) is 2.44. The highest BCUT2D eigenvalue weighted by Gasteiger charge is 2.38. The lowest BCUT2D eigenvalue weighted by Gasteiger charge is -2.13. The van der Waals surface area contributed by atoms with Gasteiger partial charge in [-0.05, 0) is 6.92 Å². The van der Waals surface area contributed by atoms with Crippen LogP contribution in [0, 0.1) is 18.3 Å². The summed E-state index contributed by atoms with van der Waals surface area (Å²) in [6.07, 6.45) is -5.97. The summed E-state index contributed by atoms with van der Waals surface area (Å²) >= 11 is 0. The molecule has 0 radical (unpaired) electrons. The first-order chi connectivity index (χ1) is 6.84. The van der Waals surface area contributed by atoms with Crippen molar-refractivity contribution in [3.05, 3.63) is 17.5 Å². The van der Waals surface area contributed by atoms with Crippen LogP contribution in [0.5, 0.6) is 0 Å². The van der Waals surface area contributed by atoms with E-state index in [4.69, 9.17) is 10.4 Å². The zero-order valence-electron chi connectivity index (χ0n) is 7.78. The van der Waals surface area contributed by atoms with E-state index in [1.54, 1.807) is 6.07 Å². The summed E-state index contributed by atoms with van der Waals surface area (Å²) in [5, 5.41) is 21.0. The van der Waals surface area contributed by atoms with Crippen LogP contribution in [0.15, 0.2) is 6.20 Å². The molecule has 0 spiro atoms. The molecule has 7 heteroatoms. The Morgan fingerprint density at radius 3 is 2.67 bits per heavy atom. The van der Waals surface area contributed by atoms with Gasteiger partial charge in [0.15, 0.2) is 6.10 Å². The van der Waals surface area contributed by atoms with Gasteiger partial charge < -0.3 is 5.11 Å². The largest absolute Gasteiger partial charge is 0.416 e. The van der Waals surface area contributed by atoms with Crippen LogP contribution >= 0.6 is 0 Å². The molecule has 0 fully saturated rings. The van der Waals surface area contributed by atoms with Crippen LogP contribution in [0.2, 0.25) is 0 Å². The minimum Gasteiger partial charge on any atom is -0.382 e. The summed E-state index contributed by atoms with van der Waals surface area (Å²) in [7, 11) is 0. The molecule has 4 nitrogen and oxygen atoms in total. The van der Waals surface area contributed by atoms with E-state index in [2.05, 4.69) is 5.10 Å². The third-order valence-corrected chi connectivity index (χ3v) is 1.80. The molecular formula is C8H8F3N3O. The van der Waals surface area contributed by atoms with Crippen LogP contribution in [0.3, 0.4) is 0 Å². The van der Waals surface area contributed by atoms with Crippen LogP contribution in [0.25, 0.3) is 0 Å². The molecule has 0 aromatic carbocycles. The van der Waals surface area contributed by atoms with Gasteiger partial charge in [0.05, 0.1) is 17.8 Å². The Labute approximate surface area is 83.5 Å². The summed E-state index contributed by atoms with van der Waals surface area (Å²) in [5.41, 5.74) is 0.538. The van der Waals surface area contributed by atoms with Crippen molar-refractivity contribution >= 4 is 0 Å². The fourth-order valence-corrected chi connectivity index (χ4v) is 1.00. The third-order valence-electron chi connectivity index (χ3n) is 1.80. The molecule has 1 unspecified atom stereocenters. The lowest BCUT2D eigenvalue weighted by Crippen LogP contribution is -2.32. The fourth-order valence-electron chi connectivity index (χ4n) is 1.00. The Bertz CT molecular complexity index is 391. The number of nitriles is 1. The minimum atomic E-state index is -4.67. The van der Waals surface area contributed by atoms with Gasteiger partial charge in [0, 0.05) is 6.20 Å². The number of aryl methyl sites for hydroxylation is 1. The summed E-state index contributed by atoms with van der Waals surface area (Å²) < 4.78 is 36.8. The van der Waals surface area contributed by atoms with Gasteiger partial charge in [-0.25, -0.2) is 0 Å². The minimum absolute atomic E-state index is 0.198. The van der Waals surface area contributed by atoms with Gasteiger partial charge >= 0.3 is 6.18 Å². The number of hydrogen-bond acceptors (Lipinski definition) is 3. The van der Waals surface area contributed by atoms with E-state index in [0.717, 1.165) is 4.68 Å². The van der Waals surface area contributed by atoms with Gasteiger partial charge in [-0.15, -0.1) is 0 Å². The zero-order chi connectivity index (χ0) is 11.6. The molecule has 1 aromatic rings. The fraction of sp³-hybridized carbons (Fsp3) is 0.500. The molecular weight excluding hydrogens is 211 g/mol. The molecule has 82 valence electrons. The lowest BCUT2D eigenvalue weighted by atomic mass is 10.3. The highest BCUT2D eigenvalue weighted by molar-refractivity contribution is 5.29. The SMILES string of the molecule is Cc1nn(CC(O)C(F)(F)F)cc1C#N. The van der Waals surface area contributed by atoms with Crippen molar-refractivity contribution in [2.45, 2.75) is 25.7 Å². The summed E-state index contributed by atoms with van der Waals surface area (Å²) in [5.74, 6) is 0. The average molecular weight is 219 g/mol. The maximum Gasteiger partial charge on any atom is 0.416 e. The van der Waals surface area contributed by atoms with Gasteiger partial charge in [-0.2, -0.15) is 23.5 Å². The Morgan fingerprint density at radius 1 is 1.67 bits per heavy atom. The Morgan fingerprint density at radius 2 is 2.27 bits per heavy atom. The second-order valence-corrected chi connectivity index (χ2v) is 3.02. The van der Waals surface area contributed by atoms with Crippen LogP contribution in [0.1, 0.15) is 11.3 Å². The number of alkyl halides is 3. The molecule has 1 atom stereocenters. The molecule has 0 amide bonds. The monoisotopic (exact) mass is 219 g/mol. The molecule has 0 aliphatic rings. The number of rotatable bonds is 2. The maximum absolute atomic E-state index is 12.0. The van der Waals surface area contributed by atoms with Crippen LogP contribution in [-0.2, 0) is 6.54 Å². The lowest BCUT2D eigenvalue weighted by molar-refractivity contribution is -0.208. The standard InChI is InChI=1S/C8H8F3N3O/c1-5-6(2-12)3-14(13-5)4-7(15)8(9,10)11/h3,7,15H,4H2,1H3. The first kappa shape index (κ1) is 11.5. The highest BCUT2D eigenvalue weighted by atomic mass is 19.4. The quantitative estimate of drug-likeness (QED) is 0.806. The number of aliphatic hydroxyl groups is 1. The number of hydrogen-bond donors (Lipinski definition) is 1. The smallest absolute Gasteiger partial charge is 0.382 e. The molecule has 0 aliphatic carbocycles. The molecule has 0 saturated heterocycles. The zero-order valence-corrected chi connectivity index (χ0v) is 7.78. The van der Waals surface area contributed by atoms with Gasteiger partial charge in [0.1, 0.15) is 6.07 Å². The van der Waals surface area contributed by atoms with Crippen molar-refractivity contribution in [1.82, 2.24) is 9.78 Å². The first-order valence-corrected chi connectivity index (χ1v) is 4.03. The van der Waals surface area contributed by atoms with E-state index in [1.165, 1.54) is 13.1 Å². The second kappa shape index (κ2) is 3.90. The molecule has 0 aliphatic heterocycles. The Balaban J connectivity index is 2.79. The predicted octanol–water partition coefficient (Wildman–Crippen LogP) is 0.986. The first-order valence-electron chi connectivity index (χ1n) is 4.03.